The molecule has 31 heavy (non-hydrogen) atoms. The van der Waals surface area contributed by atoms with Gasteiger partial charge in [-0.2, -0.15) is 13.2 Å². The van der Waals surface area contributed by atoms with Crippen molar-refractivity contribution in [2.24, 2.45) is 0 Å². The van der Waals surface area contributed by atoms with Gasteiger partial charge in [0.1, 0.15) is 6.04 Å². The number of halogens is 3. The van der Waals surface area contributed by atoms with E-state index in [-0.39, 0.29) is 29.0 Å². The van der Waals surface area contributed by atoms with E-state index in [1.807, 2.05) is 0 Å². The Morgan fingerprint density at radius 2 is 1.84 bits per heavy atom. The lowest BCUT2D eigenvalue weighted by atomic mass is 9.93. The second kappa shape index (κ2) is 7.57. The molecule has 2 heterocycles. The van der Waals surface area contributed by atoms with Crippen molar-refractivity contribution in [3.63, 3.8) is 0 Å². The van der Waals surface area contributed by atoms with Gasteiger partial charge in [0.05, 0.1) is 18.6 Å². The van der Waals surface area contributed by atoms with E-state index in [1.54, 1.807) is 12.1 Å². The molecule has 3 aromatic rings. The molecule has 0 spiro atoms. The highest BCUT2D eigenvalue weighted by Gasteiger charge is 2.38. The van der Waals surface area contributed by atoms with Crippen LogP contribution >= 0.6 is 0 Å². The fraction of sp³-hybridized carbons (Fsp3) is 0.227. The number of pyridine rings is 1. The molecule has 0 aliphatic carbocycles. The minimum atomic E-state index is -4.57. The molecule has 0 bridgehead atoms. The number of alkyl halides is 3. The molecule has 2 N–H and O–H groups in total. The first-order chi connectivity index (χ1) is 14.7. The molecule has 9 heteroatoms. The van der Waals surface area contributed by atoms with E-state index in [0.717, 1.165) is 6.07 Å². The smallest absolute Gasteiger partial charge is 0.417 e. The van der Waals surface area contributed by atoms with Crippen LogP contribution in [0.5, 0.6) is 0 Å². The van der Waals surface area contributed by atoms with Gasteiger partial charge in [0, 0.05) is 16.6 Å². The van der Waals surface area contributed by atoms with Gasteiger partial charge in [0.25, 0.3) is 5.56 Å². The first-order valence-corrected chi connectivity index (χ1v) is 9.41. The molecule has 1 aromatic heterocycles. The average Bonchev–Trinajstić information content (AvgIpc) is 3.14. The normalized spacial score (nSPS) is 18.8. The molecule has 1 fully saturated rings. The Labute approximate surface area is 174 Å². The van der Waals surface area contributed by atoms with Gasteiger partial charge in [-0.3, -0.25) is 9.59 Å². The fourth-order valence-corrected chi connectivity index (χ4v) is 3.86. The summed E-state index contributed by atoms with van der Waals surface area (Å²) in [5.41, 5.74) is -0.977. The molecule has 2 unspecified atom stereocenters. The summed E-state index contributed by atoms with van der Waals surface area (Å²) in [7, 11) is 1.23. The van der Waals surface area contributed by atoms with Crippen LogP contribution in [-0.2, 0) is 20.5 Å². The molecule has 1 saturated heterocycles. The number of esters is 1. The van der Waals surface area contributed by atoms with E-state index >= 15 is 0 Å². The summed E-state index contributed by atoms with van der Waals surface area (Å²) in [6.45, 7) is 0. The van der Waals surface area contributed by atoms with Crippen LogP contribution in [0.3, 0.4) is 0 Å². The number of fused-ring (bicyclic) bond motifs is 1. The SMILES string of the molecule is COC(=O)C1CC(c2ccc3cc(-c4ccccc4C(F)(F)F)[nH]c(=O)c3c2)C(=O)N1. The minimum absolute atomic E-state index is 0.0440. The molecule has 1 amide bonds. The van der Waals surface area contributed by atoms with Crippen molar-refractivity contribution in [1.82, 2.24) is 10.3 Å². The molecule has 160 valence electrons. The Kier molecular flexibility index (Phi) is 5.04. The number of methoxy groups -OCH3 is 1. The van der Waals surface area contributed by atoms with Gasteiger partial charge in [0.15, 0.2) is 0 Å². The average molecular weight is 430 g/mol. The van der Waals surface area contributed by atoms with Crippen LogP contribution in [0.4, 0.5) is 13.2 Å². The number of benzene rings is 2. The van der Waals surface area contributed by atoms with Crippen molar-refractivity contribution in [1.29, 1.82) is 0 Å². The number of aromatic amines is 1. The Hall–Kier alpha value is -3.62. The fourth-order valence-electron chi connectivity index (χ4n) is 3.86. The molecule has 0 saturated carbocycles. The lowest BCUT2D eigenvalue weighted by Gasteiger charge is -2.14. The molecular weight excluding hydrogens is 413 g/mol. The van der Waals surface area contributed by atoms with Crippen LogP contribution in [0.2, 0.25) is 0 Å². The Balaban J connectivity index is 1.75. The zero-order valence-corrected chi connectivity index (χ0v) is 16.2. The second-order valence-corrected chi connectivity index (χ2v) is 7.27. The first-order valence-electron chi connectivity index (χ1n) is 9.41. The monoisotopic (exact) mass is 430 g/mol. The lowest BCUT2D eigenvalue weighted by molar-refractivity contribution is -0.143. The van der Waals surface area contributed by atoms with Crippen molar-refractivity contribution in [2.75, 3.05) is 7.11 Å². The van der Waals surface area contributed by atoms with Gasteiger partial charge >= 0.3 is 12.1 Å². The maximum Gasteiger partial charge on any atom is 0.417 e. The van der Waals surface area contributed by atoms with Crippen molar-refractivity contribution >= 4 is 22.6 Å². The number of amides is 1. The molecule has 4 rings (SSSR count). The van der Waals surface area contributed by atoms with E-state index < -0.39 is 35.2 Å². The van der Waals surface area contributed by atoms with Gasteiger partial charge in [-0.1, -0.05) is 30.3 Å². The van der Waals surface area contributed by atoms with Crippen molar-refractivity contribution < 1.29 is 27.5 Å². The number of aromatic nitrogens is 1. The standard InChI is InChI=1S/C22H17F3N2O4/c1-31-21(30)18-10-15(20(29)27-18)11-6-7-12-9-17(26-19(28)14(12)8-11)13-4-2-3-5-16(13)22(23,24)25/h2-9,15,18H,10H2,1H3,(H,26,28)(H,27,29). The second-order valence-electron chi connectivity index (χ2n) is 7.27. The number of hydrogen-bond acceptors (Lipinski definition) is 4. The number of rotatable bonds is 3. The summed E-state index contributed by atoms with van der Waals surface area (Å²) in [5.74, 6) is -1.55. The summed E-state index contributed by atoms with van der Waals surface area (Å²) in [5, 5.41) is 3.23. The van der Waals surface area contributed by atoms with Gasteiger partial charge in [-0.05, 0) is 35.6 Å². The molecule has 6 nitrogen and oxygen atoms in total. The van der Waals surface area contributed by atoms with Crippen LogP contribution in [-0.4, -0.2) is 30.0 Å². The summed E-state index contributed by atoms with van der Waals surface area (Å²) in [6.07, 6.45) is -4.38. The zero-order valence-electron chi connectivity index (χ0n) is 16.2. The Bertz CT molecular complexity index is 1250. The van der Waals surface area contributed by atoms with E-state index in [1.165, 1.54) is 37.4 Å². The first kappa shape index (κ1) is 20.6. The highest BCUT2D eigenvalue weighted by molar-refractivity contribution is 5.94. The number of hydrogen-bond donors (Lipinski definition) is 2. The molecule has 2 atom stereocenters. The third-order valence-electron chi connectivity index (χ3n) is 5.39. The van der Waals surface area contributed by atoms with Gasteiger partial charge < -0.3 is 15.0 Å². The number of carbonyl (C=O) groups is 2. The van der Waals surface area contributed by atoms with Crippen molar-refractivity contribution in [2.45, 2.75) is 24.6 Å². The molecule has 1 aliphatic rings. The predicted octanol–water partition coefficient (Wildman–Crippen LogP) is 3.36. The van der Waals surface area contributed by atoms with Crippen molar-refractivity contribution in [3.8, 4) is 11.3 Å². The molecular formula is C22H17F3N2O4. The molecule has 2 aromatic carbocycles. The Morgan fingerprint density at radius 3 is 2.55 bits per heavy atom. The highest BCUT2D eigenvalue weighted by Crippen LogP contribution is 2.37. The summed E-state index contributed by atoms with van der Waals surface area (Å²) >= 11 is 0. The van der Waals surface area contributed by atoms with Gasteiger partial charge in [-0.25, -0.2) is 4.79 Å². The largest absolute Gasteiger partial charge is 0.467 e. The Morgan fingerprint density at radius 1 is 1.10 bits per heavy atom. The predicted molar refractivity (Wildman–Crippen MR) is 106 cm³/mol. The number of ether oxygens (including phenoxy) is 1. The zero-order chi connectivity index (χ0) is 22.3. The highest BCUT2D eigenvalue weighted by atomic mass is 19.4. The quantitative estimate of drug-likeness (QED) is 0.624. The number of nitrogens with one attached hydrogen (secondary N) is 2. The van der Waals surface area contributed by atoms with Crippen LogP contribution in [0.25, 0.3) is 22.0 Å². The lowest BCUT2D eigenvalue weighted by Crippen LogP contribution is -2.33. The minimum Gasteiger partial charge on any atom is -0.467 e. The third kappa shape index (κ3) is 3.78. The molecule has 0 radical (unpaired) electrons. The van der Waals surface area contributed by atoms with E-state index in [4.69, 9.17) is 0 Å². The van der Waals surface area contributed by atoms with E-state index in [2.05, 4.69) is 15.0 Å². The summed E-state index contributed by atoms with van der Waals surface area (Å²) in [4.78, 5) is 39.2. The van der Waals surface area contributed by atoms with Gasteiger partial charge in [-0.15, -0.1) is 0 Å². The van der Waals surface area contributed by atoms with E-state index in [9.17, 15) is 27.6 Å². The third-order valence-corrected chi connectivity index (χ3v) is 5.39. The van der Waals surface area contributed by atoms with Crippen LogP contribution < -0.4 is 10.9 Å². The molecule has 1 aliphatic heterocycles. The van der Waals surface area contributed by atoms with Gasteiger partial charge in [0.2, 0.25) is 5.91 Å². The van der Waals surface area contributed by atoms with Crippen LogP contribution in [0, 0.1) is 0 Å². The van der Waals surface area contributed by atoms with Crippen molar-refractivity contribution in [3.05, 3.63) is 70.0 Å². The maximum atomic E-state index is 13.4. The topological polar surface area (TPSA) is 88.3 Å². The maximum absolute atomic E-state index is 13.4. The summed E-state index contributed by atoms with van der Waals surface area (Å²) in [6, 6.07) is 10.4. The summed E-state index contributed by atoms with van der Waals surface area (Å²) < 4.78 is 44.7. The van der Waals surface area contributed by atoms with Crippen LogP contribution in [0.1, 0.15) is 23.5 Å². The van der Waals surface area contributed by atoms with E-state index in [0.29, 0.717) is 10.9 Å². The number of carbonyl (C=O) groups excluding carboxylic acids is 2. The number of H-pyrrole nitrogens is 1. The van der Waals surface area contributed by atoms with Crippen LogP contribution in [0.15, 0.2) is 53.3 Å².